The molecule has 0 atom stereocenters. The average Bonchev–Trinajstić information content (AvgIpc) is 2.94. The highest BCUT2D eigenvalue weighted by molar-refractivity contribution is 5.66. The van der Waals surface area contributed by atoms with Gasteiger partial charge in [0, 0.05) is 12.8 Å². The van der Waals surface area contributed by atoms with Crippen LogP contribution in [0.3, 0.4) is 0 Å². The summed E-state index contributed by atoms with van der Waals surface area (Å²) in [6.07, 6.45) is 47.0. The molecule has 0 aromatic carbocycles. The molecule has 4 nitrogen and oxygen atoms in total. The van der Waals surface area contributed by atoms with Crippen molar-refractivity contribution in [2.75, 3.05) is 0 Å². The van der Waals surface area contributed by atoms with Crippen molar-refractivity contribution in [2.24, 2.45) is 0 Å². The van der Waals surface area contributed by atoms with Crippen molar-refractivity contribution in [3.63, 3.8) is 0 Å². The second-order valence-corrected chi connectivity index (χ2v) is 12.2. The van der Waals surface area contributed by atoms with E-state index in [0.717, 1.165) is 25.7 Å². The smallest absolute Gasteiger partial charge is 0.303 e. The number of rotatable bonds is 34. The van der Waals surface area contributed by atoms with E-state index in [1.807, 2.05) is 0 Å². The Morgan fingerprint density at radius 1 is 0.293 bits per heavy atom. The Balaban J connectivity index is 3.13. The molecule has 0 saturated carbocycles. The molecule has 0 fully saturated rings. The molecule has 4 heteroatoms. The Labute approximate surface area is 254 Å². The first-order chi connectivity index (χ1) is 20.1. The summed E-state index contributed by atoms with van der Waals surface area (Å²) in [6.45, 7) is 0. The summed E-state index contributed by atoms with van der Waals surface area (Å²) in [7, 11) is 0. The third-order valence-corrected chi connectivity index (χ3v) is 8.10. The highest BCUT2D eigenvalue weighted by atomic mass is 16.4. The Morgan fingerprint density at radius 2 is 0.463 bits per heavy atom. The number of carbonyl (C=O) groups is 2. The van der Waals surface area contributed by atoms with Crippen LogP contribution in [0.25, 0.3) is 0 Å². The third-order valence-electron chi connectivity index (χ3n) is 8.10. The van der Waals surface area contributed by atoms with E-state index in [2.05, 4.69) is 24.3 Å². The summed E-state index contributed by atoms with van der Waals surface area (Å²) in [5, 5.41) is 17.2. The maximum absolute atomic E-state index is 10.5. The molecule has 240 valence electrons. The van der Waals surface area contributed by atoms with Crippen molar-refractivity contribution in [3.05, 3.63) is 24.3 Å². The number of carboxylic acid groups (broad SMARTS) is 2. The zero-order chi connectivity index (χ0) is 29.9. The Kier molecular flexibility index (Phi) is 33.3. The van der Waals surface area contributed by atoms with Crippen LogP contribution in [0.15, 0.2) is 24.3 Å². The first-order valence-corrected chi connectivity index (χ1v) is 17.9. The van der Waals surface area contributed by atoms with Gasteiger partial charge < -0.3 is 10.2 Å². The molecule has 41 heavy (non-hydrogen) atoms. The van der Waals surface area contributed by atoms with Gasteiger partial charge in [-0.3, -0.25) is 9.59 Å². The van der Waals surface area contributed by atoms with Gasteiger partial charge in [0.05, 0.1) is 0 Å². The molecule has 0 aliphatic heterocycles. The topological polar surface area (TPSA) is 74.6 Å². The van der Waals surface area contributed by atoms with Crippen LogP contribution in [0.1, 0.15) is 199 Å². The zero-order valence-corrected chi connectivity index (χ0v) is 26.9. The lowest BCUT2D eigenvalue weighted by Crippen LogP contribution is -1.93. The number of hydrogen-bond acceptors (Lipinski definition) is 2. The molecule has 0 aliphatic rings. The molecule has 0 unspecified atom stereocenters. The van der Waals surface area contributed by atoms with Crippen LogP contribution in [0, 0.1) is 0 Å². The highest BCUT2D eigenvalue weighted by Gasteiger charge is 1.98. The van der Waals surface area contributed by atoms with E-state index >= 15 is 0 Å². The fourth-order valence-electron chi connectivity index (χ4n) is 5.43. The number of carboxylic acids is 2. The largest absolute Gasteiger partial charge is 0.481 e. The van der Waals surface area contributed by atoms with Gasteiger partial charge in [0.1, 0.15) is 0 Å². The lowest BCUT2D eigenvalue weighted by molar-refractivity contribution is -0.138. The first kappa shape index (κ1) is 39.4. The molecular weight excluding hydrogens is 508 g/mol. The summed E-state index contributed by atoms with van der Waals surface area (Å²) >= 11 is 0. The van der Waals surface area contributed by atoms with Crippen LogP contribution in [-0.2, 0) is 9.59 Å². The molecule has 0 rings (SSSR count). The van der Waals surface area contributed by atoms with E-state index in [4.69, 9.17) is 10.2 Å². The molecule has 0 heterocycles. The third kappa shape index (κ3) is 38.4. The number of aliphatic carboxylic acids is 2. The maximum atomic E-state index is 10.5. The van der Waals surface area contributed by atoms with Gasteiger partial charge in [-0.2, -0.15) is 0 Å². The SMILES string of the molecule is O=C(O)CCCCCCC/C=C\CCCCCCCCCCCCCCCCC/C=C\CCCCCCCC(=O)O. The van der Waals surface area contributed by atoms with Crippen LogP contribution in [-0.4, -0.2) is 22.2 Å². The highest BCUT2D eigenvalue weighted by Crippen LogP contribution is 2.15. The molecule has 0 aliphatic carbocycles. The fraction of sp³-hybridized carbons (Fsp3) is 0.838. The maximum Gasteiger partial charge on any atom is 0.303 e. The summed E-state index contributed by atoms with van der Waals surface area (Å²) in [4.78, 5) is 20.9. The average molecular weight is 577 g/mol. The standard InChI is InChI=1S/C37H68O4/c38-36(39)34-32-30-28-26-24-22-20-18-16-14-12-10-8-6-4-2-1-3-5-7-9-11-13-15-17-19-21-23-25-27-29-31-33-35-37(40)41/h18-21H,1-17,22-35H2,(H,38,39)(H,40,41)/b20-18-,21-19-. The van der Waals surface area contributed by atoms with Crippen molar-refractivity contribution in [2.45, 2.75) is 199 Å². The molecule has 0 saturated heterocycles. The second kappa shape index (κ2) is 34.6. The predicted molar refractivity (Wildman–Crippen MR) is 177 cm³/mol. The van der Waals surface area contributed by atoms with E-state index in [9.17, 15) is 9.59 Å². The van der Waals surface area contributed by atoms with Gasteiger partial charge in [0.2, 0.25) is 0 Å². The van der Waals surface area contributed by atoms with Crippen LogP contribution < -0.4 is 0 Å². The minimum atomic E-state index is -0.666. The normalized spacial score (nSPS) is 11.7. The van der Waals surface area contributed by atoms with E-state index < -0.39 is 11.9 Å². The molecule has 0 aromatic rings. The summed E-state index contributed by atoms with van der Waals surface area (Å²) in [6, 6.07) is 0. The van der Waals surface area contributed by atoms with E-state index in [1.165, 1.54) is 161 Å². The molecule has 0 radical (unpaired) electrons. The Bertz CT molecular complexity index is 558. The number of allylic oxidation sites excluding steroid dienone is 4. The predicted octanol–water partition coefficient (Wildman–Crippen LogP) is 12.4. The Morgan fingerprint density at radius 3 is 0.659 bits per heavy atom. The van der Waals surface area contributed by atoms with Crippen molar-refractivity contribution in [1.29, 1.82) is 0 Å². The van der Waals surface area contributed by atoms with Crippen molar-refractivity contribution in [3.8, 4) is 0 Å². The lowest BCUT2D eigenvalue weighted by Gasteiger charge is -2.03. The monoisotopic (exact) mass is 577 g/mol. The van der Waals surface area contributed by atoms with Gasteiger partial charge >= 0.3 is 11.9 Å². The minimum Gasteiger partial charge on any atom is -0.481 e. The molecule has 2 N–H and O–H groups in total. The van der Waals surface area contributed by atoms with Crippen LogP contribution in [0.4, 0.5) is 0 Å². The van der Waals surface area contributed by atoms with Gasteiger partial charge in [-0.15, -0.1) is 0 Å². The zero-order valence-electron chi connectivity index (χ0n) is 26.9. The minimum absolute atomic E-state index is 0.324. The molecule has 0 bridgehead atoms. The van der Waals surface area contributed by atoms with Crippen molar-refractivity contribution in [1.82, 2.24) is 0 Å². The van der Waals surface area contributed by atoms with E-state index in [0.29, 0.717) is 12.8 Å². The van der Waals surface area contributed by atoms with Gasteiger partial charge in [0.15, 0.2) is 0 Å². The van der Waals surface area contributed by atoms with Crippen LogP contribution in [0.5, 0.6) is 0 Å². The second-order valence-electron chi connectivity index (χ2n) is 12.2. The molecule has 0 spiro atoms. The van der Waals surface area contributed by atoms with Gasteiger partial charge in [-0.25, -0.2) is 0 Å². The van der Waals surface area contributed by atoms with Crippen LogP contribution >= 0.6 is 0 Å². The fourth-order valence-corrected chi connectivity index (χ4v) is 5.43. The van der Waals surface area contributed by atoms with Crippen LogP contribution in [0.2, 0.25) is 0 Å². The molecule has 0 amide bonds. The number of hydrogen-bond donors (Lipinski definition) is 2. The quantitative estimate of drug-likeness (QED) is 0.0590. The molecular formula is C37H68O4. The summed E-state index contributed by atoms with van der Waals surface area (Å²) < 4.78 is 0. The number of unbranched alkanes of at least 4 members (excludes halogenated alkanes) is 26. The Hall–Kier alpha value is -1.58. The van der Waals surface area contributed by atoms with Gasteiger partial charge in [0.25, 0.3) is 0 Å². The lowest BCUT2D eigenvalue weighted by atomic mass is 10.0. The first-order valence-electron chi connectivity index (χ1n) is 17.9. The van der Waals surface area contributed by atoms with E-state index in [-0.39, 0.29) is 0 Å². The van der Waals surface area contributed by atoms with E-state index in [1.54, 1.807) is 0 Å². The van der Waals surface area contributed by atoms with Crippen molar-refractivity contribution >= 4 is 11.9 Å². The van der Waals surface area contributed by atoms with Gasteiger partial charge in [-0.05, 0) is 64.2 Å². The van der Waals surface area contributed by atoms with Gasteiger partial charge in [-0.1, -0.05) is 146 Å². The molecule has 0 aromatic heterocycles. The summed E-state index contributed by atoms with van der Waals surface area (Å²) in [5.74, 6) is -1.33. The summed E-state index contributed by atoms with van der Waals surface area (Å²) in [5.41, 5.74) is 0. The van der Waals surface area contributed by atoms with Crippen molar-refractivity contribution < 1.29 is 19.8 Å².